The van der Waals surface area contributed by atoms with Crippen LogP contribution in [0.15, 0.2) is 12.4 Å². The highest BCUT2D eigenvalue weighted by atomic mass is 32.1. The van der Waals surface area contributed by atoms with E-state index in [0.29, 0.717) is 22.9 Å². The first-order chi connectivity index (χ1) is 17.3. The van der Waals surface area contributed by atoms with Gasteiger partial charge in [-0.2, -0.15) is 5.26 Å². The van der Waals surface area contributed by atoms with Crippen LogP contribution in [0.2, 0.25) is 0 Å². The molecule has 6 rings (SSSR count). The number of thiophene rings is 1. The number of ether oxygens (including phenoxy) is 1. The van der Waals surface area contributed by atoms with Gasteiger partial charge >= 0.3 is 0 Å². The van der Waals surface area contributed by atoms with E-state index in [1.165, 1.54) is 0 Å². The minimum Gasteiger partial charge on any atom is -0.389 e. The molecule has 2 unspecified atom stereocenters. The van der Waals surface area contributed by atoms with Crippen LogP contribution in [0.1, 0.15) is 30.0 Å². The van der Waals surface area contributed by atoms with Gasteiger partial charge in [0.25, 0.3) is 0 Å². The molecule has 0 bridgehead atoms. The molecule has 5 heterocycles. The summed E-state index contributed by atoms with van der Waals surface area (Å²) in [6.45, 7) is 3.31. The third-order valence-corrected chi connectivity index (χ3v) is 8.39. The number of aromatic nitrogens is 3. The van der Waals surface area contributed by atoms with Gasteiger partial charge in [0.05, 0.1) is 35.4 Å². The molecule has 8 nitrogen and oxygen atoms in total. The number of rotatable bonds is 3. The molecule has 0 radical (unpaired) electrons. The van der Waals surface area contributed by atoms with E-state index < -0.39 is 11.6 Å². The van der Waals surface area contributed by atoms with Crippen LogP contribution < -0.4 is 10.6 Å². The number of nitrogens with two attached hydrogens (primary N) is 1. The number of nitrogens with zero attached hydrogens (tertiary/aromatic N) is 6. The number of fused-ring (bicyclic) bond motifs is 4. The van der Waals surface area contributed by atoms with Crippen molar-refractivity contribution in [3.63, 3.8) is 0 Å². The maximum atomic E-state index is 16.4. The van der Waals surface area contributed by atoms with Crippen LogP contribution in [0.5, 0.6) is 0 Å². The van der Waals surface area contributed by atoms with Crippen LogP contribution in [0.3, 0.4) is 0 Å². The summed E-state index contributed by atoms with van der Waals surface area (Å²) in [5.74, 6) is -0.745. The van der Waals surface area contributed by atoms with Crippen molar-refractivity contribution in [3.8, 4) is 17.3 Å². The van der Waals surface area contributed by atoms with Crippen LogP contribution in [0.4, 0.5) is 19.7 Å². The molecule has 1 aromatic carbocycles. The normalized spacial score (nSPS) is 19.5. The molecular weight excluding hydrogens is 484 g/mol. The molecule has 36 heavy (non-hydrogen) atoms. The molecule has 2 aliphatic rings. The van der Waals surface area contributed by atoms with Crippen molar-refractivity contribution in [2.75, 3.05) is 31.3 Å². The minimum absolute atomic E-state index is 0.0909. The Morgan fingerprint density at radius 2 is 2.00 bits per heavy atom. The molecule has 3 aromatic heterocycles. The first-order valence-electron chi connectivity index (χ1n) is 11.6. The number of anilines is 2. The van der Waals surface area contributed by atoms with Crippen molar-refractivity contribution in [1.29, 1.82) is 5.26 Å². The van der Waals surface area contributed by atoms with Gasteiger partial charge in [-0.25, -0.2) is 18.7 Å². The third-order valence-electron chi connectivity index (χ3n) is 7.37. The minimum atomic E-state index is -0.607. The number of pyridine rings is 1. The van der Waals surface area contributed by atoms with Crippen molar-refractivity contribution in [1.82, 2.24) is 19.9 Å². The smallest absolute Gasteiger partial charge is 0.226 e. The Morgan fingerprint density at radius 1 is 1.22 bits per heavy atom. The zero-order chi connectivity index (χ0) is 25.3. The fraction of sp³-hybridized carbons (Fsp3) is 0.360. The molecule has 1 fully saturated rings. The summed E-state index contributed by atoms with van der Waals surface area (Å²) in [6, 6.07) is 2.53. The van der Waals surface area contributed by atoms with Gasteiger partial charge in [0.1, 0.15) is 16.6 Å². The number of halogens is 2. The van der Waals surface area contributed by atoms with Crippen molar-refractivity contribution < 1.29 is 13.5 Å². The summed E-state index contributed by atoms with van der Waals surface area (Å²) in [6.07, 6.45) is 3.65. The summed E-state index contributed by atoms with van der Waals surface area (Å²) < 4.78 is 36.9. The van der Waals surface area contributed by atoms with Crippen LogP contribution in [-0.4, -0.2) is 52.6 Å². The summed E-state index contributed by atoms with van der Waals surface area (Å²) in [4.78, 5) is 17.8. The van der Waals surface area contributed by atoms with E-state index >= 15 is 4.39 Å². The molecule has 11 heteroatoms. The van der Waals surface area contributed by atoms with Crippen molar-refractivity contribution in [2.24, 2.45) is 0 Å². The molecular formula is C25H23F2N7OS. The molecule has 4 aromatic rings. The van der Waals surface area contributed by atoms with Crippen molar-refractivity contribution >= 4 is 43.3 Å². The van der Waals surface area contributed by atoms with Gasteiger partial charge < -0.3 is 20.3 Å². The highest BCUT2D eigenvalue weighted by Crippen LogP contribution is 2.45. The standard InChI is InChI=1S/C25H23F2N7OS/c1-11-17(33(2)3)4-5-34(11)25-31-7-13-14-9-35-10-15(14)18(20(27)21(13)32-25)22-19-12(6-28)24(29)36-23(19)16(26)8-30-22/h7-8,11,17H,4-5,9-10,29H2,1-3H3. The summed E-state index contributed by atoms with van der Waals surface area (Å²) >= 11 is 0.954. The van der Waals surface area contributed by atoms with Gasteiger partial charge in [-0.15, -0.1) is 11.3 Å². The molecule has 1 saturated heterocycles. The van der Waals surface area contributed by atoms with Gasteiger partial charge in [0.15, 0.2) is 11.6 Å². The lowest BCUT2D eigenvalue weighted by atomic mass is 9.94. The molecule has 0 amide bonds. The molecule has 0 saturated carbocycles. The third kappa shape index (κ3) is 3.18. The second-order valence-corrected chi connectivity index (χ2v) is 10.5. The summed E-state index contributed by atoms with van der Waals surface area (Å²) in [7, 11) is 4.09. The van der Waals surface area contributed by atoms with Gasteiger partial charge in [-0.05, 0) is 38.6 Å². The van der Waals surface area contributed by atoms with Crippen LogP contribution >= 0.6 is 11.3 Å². The SMILES string of the molecule is CC1C(N(C)C)CCN1c1ncc2c3c(c(-c4ncc(F)c5sc(N)c(C#N)c45)c(F)c2n1)COC3. The Balaban J connectivity index is 1.61. The van der Waals surface area contributed by atoms with Crippen LogP contribution in [0.25, 0.3) is 32.2 Å². The van der Waals surface area contributed by atoms with Gasteiger partial charge in [0.2, 0.25) is 5.95 Å². The number of nitrogen functional groups attached to an aromatic ring is 1. The Labute approximate surface area is 209 Å². The maximum absolute atomic E-state index is 16.4. The number of likely N-dealkylation sites (N-methyl/N-ethyl adjacent to an activating group) is 1. The average molecular weight is 508 g/mol. The zero-order valence-corrected chi connectivity index (χ0v) is 20.8. The lowest BCUT2D eigenvalue weighted by molar-refractivity contribution is 0.135. The fourth-order valence-corrected chi connectivity index (χ4v) is 6.49. The van der Waals surface area contributed by atoms with E-state index in [2.05, 4.69) is 31.7 Å². The van der Waals surface area contributed by atoms with Crippen molar-refractivity contribution in [3.05, 3.63) is 40.7 Å². The Morgan fingerprint density at radius 3 is 2.72 bits per heavy atom. The fourth-order valence-electron chi connectivity index (χ4n) is 5.57. The molecule has 0 aliphatic carbocycles. The highest BCUT2D eigenvalue weighted by Gasteiger charge is 2.35. The van der Waals surface area contributed by atoms with E-state index in [1.54, 1.807) is 6.20 Å². The summed E-state index contributed by atoms with van der Waals surface area (Å²) in [5.41, 5.74) is 7.96. The number of hydrogen-bond donors (Lipinski definition) is 1. The topological polar surface area (TPSA) is 104 Å². The molecule has 2 aliphatic heterocycles. The largest absolute Gasteiger partial charge is 0.389 e. The van der Waals surface area contributed by atoms with Crippen LogP contribution in [0, 0.1) is 23.0 Å². The first-order valence-corrected chi connectivity index (χ1v) is 12.4. The average Bonchev–Trinajstić information content (AvgIpc) is 3.57. The second kappa shape index (κ2) is 8.30. The maximum Gasteiger partial charge on any atom is 0.226 e. The zero-order valence-electron chi connectivity index (χ0n) is 20.0. The Bertz CT molecular complexity index is 1600. The quantitative estimate of drug-likeness (QED) is 0.440. The van der Waals surface area contributed by atoms with Crippen molar-refractivity contribution in [2.45, 2.75) is 38.6 Å². The van der Waals surface area contributed by atoms with Gasteiger partial charge in [-0.1, -0.05) is 0 Å². The van der Waals surface area contributed by atoms with E-state index in [-0.39, 0.29) is 56.7 Å². The van der Waals surface area contributed by atoms with Gasteiger partial charge in [-0.3, -0.25) is 4.98 Å². The van der Waals surface area contributed by atoms with E-state index in [4.69, 9.17) is 10.5 Å². The van der Waals surface area contributed by atoms with E-state index in [0.717, 1.165) is 36.1 Å². The monoisotopic (exact) mass is 507 g/mol. The Hall–Kier alpha value is -3.46. The lowest BCUT2D eigenvalue weighted by Gasteiger charge is -2.28. The molecule has 184 valence electrons. The number of hydrogen-bond acceptors (Lipinski definition) is 9. The lowest BCUT2D eigenvalue weighted by Crippen LogP contribution is -2.40. The van der Waals surface area contributed by atoms with E-state index in [9.17, 15) is 9.65 Å². The summed E-state index contributed by atoms with van der Waals surface area (Å²) in [5, 5.41) is 10.7. The van der Waals surface area contributed by atoms with E-state index in [1.807, 2.05) is 20.2 Å². The molecule has 0 spiro atoms. The Kier molecular flexibility index (Phi) is 5.29. The second-order valence-electron chi connectivity index (χ2n) is 9.44. The molecule has 2 N–H and O–H groups in total. The highest BCUT2D eigenvalue weighted by molar-refractivity contribution is 7.23. The predicted molar refractivity (Wildman–Crippen MR) is 135 cm³/mol. The number of nitriles is 1. The predicted octanol–water partition coefficient (Wildman–Crippen LogP) is 4.20. The van der Waals surface area contributed by atoms with Gasteiger partial charge in [0, 0.05) is 41.2 Å². The van der Waals surface area contributed by atoms with Crippen LogP contribution in [-0.2, 0) is 18.0 Å². The number of benzene rings is 1. The first kappa shape index (κ1) is 23.0. The molecule has 2 atom stereocenters.